The largest absolute Gasteiger partial charge is 0.423 e. The van der Waals surface area contributed by atoms with Gasteiger partial charge in [-0.3, -0.25) is 0 Å². The molecule has 1 saturated heterocycles. The number of nitrogens with zero attached hydrogens (tertiary/aromatic N) is 6. The van der Waals surface area contributed by atoms with E-state index in [9.17, 15) is 0 Å². The van der Waals surface area contributed by atoms with Crippen molar-refractivity contribution in [3.63, 3.8) is 0 Å². The topological polar surface area (TPSA) is 48.4 Å². The lowest BCUT2D eigenvalue weighted by molar-refractivity contribution is 0.622. The first-order valence-electron chi connectivity index (χ1n) is 16.3. The van der Waals surface area contributed by atoms with Crippen LogP contribution in [0.25, 0.3) is 50.9 Å². The minimum Gasteiger partial charge on any atom is -0.423 e. The lowest BCUT2D eigenvalue weighted by Gasteiger charge is -2.53. The van der Waals surface area contributed by atoms with Gasteiger partial charge >= 0.3 is 20.9 Å². The van der Waals surface area contributed by atoms with E-state index in [0.29, 0.717) is 17.5 Å². The van der Waals surface area contributed by atoms with E-state index in [1.807, 2.05) is 60.7 Å². The molecule has 0 unspecified atom stereocenters. The summed E-state index contributed by atoms with van der Waals surface area (Å²) in [4.78, 5) is 14.8. The summed E-state index contributed by atoms with van der Waals surface area (Å²) in [6, 6.07) is 37.5. The summed E-state index contributed by atoms with van der Waals surface area (Å²) in [5, 5.41) is 0. The van der Waals surface area contributed by atoms with Crippen molar-refractivity contribution in [1.82, 2.24) is 29.1 Å². The molecule has 1 fully saturated rings. The van der Waals surface area contributed by atoms with Crippen LogP contribution in [0.2, 0.25) is 0 Å². The van der Waals surface area contributed by atoms with Crippen molar-refractivity contribution in [3.05, 3.63) is 182 Å². The van der Waals surface area contributed by atoms with Gasteiger partial charge in [0.15, 0.2) is 17.5 Å². The van der Waals surface area contributed by atoms with Gasteiger partial charge in [0.05, 0.1) is 0 Å². The van der Waals surface area contributed by atoms with Gasteiger partial charge in [-0.2, -0.15) is 0 Å². The molecule has 5 heterocycles. The number of rotatable bonds is 5. The lowest BCUT2D eigenvalue weighted by atomic mass is 9.41. The normalized spacial score (nSPS) is 15.8. The van der Waals surface area contributed by atoms with Crippen LogP contribution >= 0.6 is 0 Å². The van der Waals surface area contributed by atoms with Gasteiger partial charge in [-0.05, 0) is 71.2 Å². The summed E-state index contributed by atoms with van der Waals surface area (Å²) in [5.74, 6) is 8.88. The number of fused-ring (bicyclic) bond motifs is 6. The van der Waals surface area contributed by atoms with Gasteiger partial charge in [0.25, 0.3) is 0 Å². The van der Waals surface area contributed by atoms with Crippen molar-refractivity contribution in [2.75, 3.05) is 0 Å². The predicted molar refractivity (Wildman–Crippen MR) is 198 cm³/mol. The molecule has 4 aromatic carbocycles. The number of aromatic nitrogens is 3. The van der Waals surface area contributed by atoms with Crippen LogP contribution in [-0.4, -0.2) is 50.1 Å². The van der Waals surface area contributed by atoms with Gasteiger partial charge in [-0.1, -0.05) is 127 Å². The maximum Gasteiger partial charge on any atom is 0.381 e. The molecule has 4 aliphatic rings. The summed E-state index contributed by atoms with van der Waals surface area (Å²) in [7, 11) is 0. The average molecular weight is 614 g/mol. The lowest BCUT2D eigenvalue weighted by Crippen LogP contribution is -2.73. The Hall–Kier alpha value is -6.08. The summed E-state index contributed by atoms with van der Waals surface area (Å²) in [6.07, 6.45) is 17.4. The summed E-state index contributed by atoms with van der Waals surface area (Å²) in [5.41, 5.74) is 7.49. The van der Waals surface area contributed by atoms with Crippen LogP contribution in [-0.2, 0) is 0 Å². The Morgan fingerprint density at radius 1 is 0.396 bits per heavy atom. The first-order chi connectivity index (χ1) is 23.8. The molecule has 4 aliphatic heterocycles. The fourth-order valence-corrected chi connectivity index (χ4v) is 6.88. The molecular weight excluding hydrogens is 585 g/mol. The molecule has 0 spiro atoms. The minimum atomic E-state index is 0.0991. The highest BCUT2D eigenvalue weighted by Crippen LogP contribution is 2.34. The van der Waals surface area contributed by atoms with Gasteiger partial charge in [-0.25, -0.2) is 15.0 Å². The van der Waals surface area contributed by atoms with E-state index in [4.69, 9.17) is 15.0 Å². The summed E-state index contributed by atoms with van der Waals surface area (Å²) >= 11 is 0. The van der Waals surface area contributed by atoms with Crippen LogP contribution < -0.4 is 0 Å². The molecule has 0 amide bonds. The molecule has 0 N–H and O–H groups in total. The van der Waals surface area contributed by atoms with Crippen molar-refractivity contribution in [2.45, 2.75) is 0 Å². The zero-order chi connectivity index (χ0) is 31.9. The van der Waals surface area contributed by atoms with Gasteiger partial charge in [0.2, 0.25) is 0 Å². The zero-order valence-electron chi connectivity index (χ0n) is 26.2. The van der Waals surface area contributed by atoms with Crippen LogP contribution in [0.3, 0.4) is 0 Å². The van der Waals surface area contributed by atoms with Crippen molar-refractivity contribution in [3.8, 4) is 45.3 Å². The Morgan fingerprint density at radius 2 is 0.854 bits per heavy atom. The maximum atomic E-state index is 4.95. The fourth-order valence-electron chi connectivity index (χ4n) is 6.88. The second kappa shape index (κ2) is 11.9. The van der Waals surface area contributed by atoms with E-state index in [-0.39, 0.29) is 20.9 Å². The fraction of sp³-hybridized carbons (Fsp3) is 0. The third-order valence-electron chi connectivity index (χ3n) is 9.24. The van der Waals surface area contributed by atoms with Crippen LogP contribution in [0.4, 0.5) is 0 Å². The second-order valence-electron chi connectivity index (χ2n) is 12.2. The van der Waals surface area contributed by atoms with E-state index in [2.05, 4.69) is 130 Å². The Kier molecular flexibility index (Phi) is 7.01. The Bertz CT molecular complexity index is 2120. The molecule has 6 nitrogen and oxygen atoms in total. The van der Waals surface area contributed by atoms with Crippen molar-refractivity contribution >= 4 is 26.5 Å². The molecule has 9 rings (SSSR count). The van der Waals surface area contributed by atoms with E-state index in [0.717, 1.165) is 27.8 Å². The van der Waals surface area contributed by atoms with Gasteiger partial charge < -0.3 is 14.2 Å². The Labute approximate surface area is 281 Å². The molecule has 48 heavy (non-hydrogen) atoms. The van der Waals surface area contributed by atoms with Crippen LogP contribution in [0, 0.1) is 0 Å². The molecule has 0 bridgehead atoms. The zero-order valence-corrected chi connectivity index (χ0v) is 26.2. The van der Waals surface area contributed by atoms with Gasteiger partial charge in [-0.15, -0.1) is 0 Å². The Morgan fingerprint density at radius 3 is 1.46 bits per heavy atom. The number of hydrogen-bond donors (Lipinski definition) is 0. The van der Waals surface area contributed by atoms with Crippen LogP contribution in [0.5, 0.6) is 0 Å². The second-order valence-corrected chi connectivity index (χ2v) is 12.2. The monoisotopic (exact) mass is 614 g/mol. The third kappa shape index (κ3) is 5.10. The number of hydrogen-bond acceptors (Lipinski definition) is 6. The molecule has 0 aliphatic carbocycles. The molecule has 0 radical (unpaired) electrons. The highest BCUT2D eigenvalue weighted by Gasteiger charge is 2.49. The quantitative estimate of drug-likeness (QED) is 0.190. The number of allylic oxidation sites excluding steroid dienone is 6. The standard InChI is InChI=1S/C39H29B3N6/c1-3-13-30(14-4-1)37-43-38(31-15-5-2-6-16-31)45-39(44-37)35-20-12-18-33(28-35)32-17-11-19-34(27-32)36-21-26-48-41-23-7-9-24-46(41)40-22-8-10-25-47(40)42(48)29-36/h1-29H. The average Bonchev–Trinajstić information content (AvgIpc) is 3.18. The molecule has 9 heteroatoms. The first-order valence-corrected chi connectivity index (χ1v) is 16.3. The molecular formula is C39H29B3N6. The summed E-state index contributed by atoms with van der Waals surface area (Å²) in [6.45, 7) is 0.434. The summed E-state index contributed by atoms with van der Waals surface area (Å²) < 4.78 is 7.23. The molecule has 0 atom stereocenters. The van der Waals surface area contributed by atoms with Crippen molar-refractivity contribution < 1.29 is 0 Å². The molecule has 1 aromatic heterocycles. The maximum absolute atomic E-state index is 4.95. The Balaban J connectivity index is 1.06. The highest BCUT2D eigenvalue weighted by molar-refractivity contribution is 6.92. The van der Waals surface area contributed by atoms with E-state index in [1.54, 1.807) is 0 Å². The van der Waals surface area contributed by atoms with E-state index >= 15 is 0 Å². The van der Waals surface area contributed by atoms with Crippen LogP contribution in [0.1, 0.15) is 5.56 Å². The molecule has 224 valence electrons. The van der Waals surface area contributed by atoms with Gasteiger partial charge in [0.1, 0.15) is 0 Å². The first kappa shape index (κ1) is 28.2. The third-order valence-corrected chi connectivity index (χ3v) is 9.24. The van der Waals surface area contributed by atoms with E-state index in [1.165, 1.54) is 11.1 Å². The minimum absolute atomic E-state index is 0.0991. The van der Waals surface area contributed by atoms with Crippen LogP contribution in [0.15, 0.2) is 176 Å². The smallest absolute Gasteiger partial charge is 0.381 e. The number of benzene rings is 4. The van der Waals surface area contributed by atoms with Gasteiger partial charge in [0, 0.05) is 16.7 Å². The molecule has 5 aromatic rings. The molecule has 0 saturated carbocycles. The highest BCUT2D eigenvalue weighted by atomic mass is 15.3. The predicted octanol–water partition coefficient (Wildman–Crippen LogP) is 7.62. The van der Waals surface area contributed by atoms with Crippen molar-refractivity contribution in [2.24, 2.45) is 0 Å². The van der Waals surface area contributed by atoms with Crippen molar-refractivity contribution in [1.29, 1.82) is 0 Å². The SMILES string of the molecule is C1=CB2N3C=CC=CB3N3C=CC(c4cccc(-c5cccc(-c6nc(-c7ccccc7)nc(-c7ccccc7)n6)c5)c4)=CB3N2C=C1. The van der Waals surface area contributed by atoms with E-state index < -0.39 is 0 Å².